The van der Waals surface area contributed by atoms with E-state index in [2.05, 4.69) is 10.6 Å². The number of carboxylic acids is 1. The van der Waals surface area contributed by atoms with Crippen molar-refractivity contribution in [2.24, 2.45) is 5.73 Å². The Morgan fingerprint density at radius 2 is 1.59 bits per heavy atom. The number of aromatic hydroxyl groups is 1. The van der Waals surface area contributed by atoms with Crippen molar-refractivity contribution in [3.05, 3.63) is 65.7 Å². The van der Waals surface area contributed by atoms with Crippen LogP contribution >= 0.6 is 0 Å². The van der Waals surface area contributed by atoms with Crippen molar-refractivity contribution in [1.29, 1.82) is 0 Å². The smallest absolute Gasteiger partial charge is 0.326 e. The predicted molar refractivity (Wildman–Crippen MR) is 133 cm³/mol. The Kier molecular flexibility index (Phi) is 9.58. The van der Waals surface area contributed by atoms with Crippen LogP contribution in [-0.2, 0) is 32.0 Å². The van der Waals surface area contributed by atoms with Crippen molar-refractivity contribution >= 4 is 23.7 Å². The van der Waals surface area contributed by atoms with E-state index >= 15 is 0 Å². The van der Waals surface area contributed by atoms with Gasteiger partial charge in [0.2, 0.25) is 17.7 Å². The summed E-state index contributed by atoms with van der Waals surface area (Å²) >= 11 is 0. The Morgan fingerprint density at radius 3 is 2.22 bits per heavy atom. The third kappa shape index (κ3) is 7.51. The number of rotatable bonds is 11. The summed E-state index contributed by atoms with van der Waals surface area (Å²) in [4.78, 5) is 51.8. The number of benzene rings is 2. The zero-order valence-corrected chi connectivity index (χ0v) is 20.2. The average Bonchev–Trinajstić information content (AvgIpc) is 3.38. The van der Waals surface area contributed by atoms with Crippen molar-refractivity contribution < 1.29 is 34.5 Å². The van der Waals surface area contributed by atoms with Gasteiger partial charge in [-0.25, -0.2) is 4.79 Å². The lowest BCUT2D eigenvalue weighted by molar-refractivity contribution is -0.143. The molecule has 3 amide bonds. The number of nitrogens with one attached hydrogen (secondary N) is 2. The molecule has 11 nitrogen and oxygen atoms in total. The number of aliphatic hydroxyl groups is 1. The number of carbonyl (C=O) groups excluding carboxylic acids is 3. The molecule has 11 heteroatoms. The van der Waals surface area contributed by atoms with Crippen LogP contribution in [0.2, 0.25) is 0 Å². The number of hydrogen-bond donors (Lipinski definition) is 6. The second kappa shape index (κ2) is 12.8. The topological polar surface area (TPSA) is 182 Å². The number of nitrogens with two attached hydrogens (primary N) is 1. The lowest BCUT2D eigenvalue weighted by Gasteiger charge is -2.28. The van der Waals surface area contributed by atoms with Gasteiger partial charge >= 0.3 is 5.97 Å². The Balaban J connectivity index is 1.60. The predicted octanol–water partition coefficient (Wildman–Crippen LogP) is -0.458. The van der Waals surface area contributed by atoms with Gasteiger partial charge in [-0.05, 0) is 42.5 Å². The summed E-state index contributed by atoms with van der Waals surface area (Å²) < 4.78 is 0. The minimum absolute atomic E-state index is 0.0168. The maximum absolute atomic E-state index is 13.0. The molecule has 1 saturated heterocycles. The summed E-state index contributed by atoms with van der Waals surface area (Å²) in [6.45, 7) is -0.430. The van der Waals surface area contributed by atoms with Crippen LogP contribution in [0.1, 0.15) is 24.0 Å². The van der Waals surface area contributed by atoms with Crippen molar-refractivity contribution in [1.82, 2.24) is 15.5 Å². The van der Waals surface area contributed by atoms with Gasteiger partial charge in [-0.3, -0.25) is 14.4 Å². The van der Waals surface area contributed by atoms with Crippen LogP contribution in [0.5, 0.6) is 5.75 Å². The van der Waals surface area contributed by atoms with E-state index in [1.807, 2.05) is 30.3 Å². The lowest BCUT2D eigenvalue weighted by atomic mass is 10.0. The van der Waals surface area contributed by atoms with Crippen molar-refractivity contribution in [3.8, 4) is 5.75 Å². The van der Waals surface area contributed by atoms with Crippen LogP contribution in [-0.4, -0.2) is 81.2 Å². The van der Waals surface area contributed by atoms with Crippen molar-refractivity contribution in [2.45, 2.75) is 49.9 Å². The van der Waals surface area contributed by atoms with E-state index in [0.717, 1.165) is 5.56 Å². The maximum atomic E-state index is 13.0. The fraction of sp³-hybridized carbons (Fsp3) is 0.385. The fourth-order valence-electron chi connectivity index (χ4n) is 4.27. The molecule has 2 aromatic rings. The molecule has 3 rings (SSSR count). The van der Waals surface area contributed by atoms with Gasteiger partial charge in [-0.1, -0.05) is 42.5 Å². The van der Waals surface area contributed by atoms with E-state index in [1.54, 1.807) is 0 Å². The molecular formula is C26H32N4O7. The number of amides is 3. The summed E-state index contributed by atoms with van der Waals surface area (Å²) in [5.41, 5.74) is 7.57. The zero-order chi connectivity index (χ0) is 26.9. The highest BCUT2D eigenvalue weighted by atomic mass is 16.4. The molecule has 0 saturated carbocycles. The molecule has 198 valence electrons. The van der Waals surface area contributed by atoms with E-state index in [9.17, 15) is 34.5 Å². The summed E-state index contributed by atoms with van der Waals surface area (Å²) in [5, 5.41) is 33.4. The van der Waals surface area contributed by atoms with E-state index in [-0.39, 0.29) is 18.1 Å². The second-order valence-corrected chi connectivity index (χ2v) is 9.00. The number of aliphatic hydroxyl groups excluding tert-OH is 1. The van der Waals surface area contributed by atoms with Gasteiger partial charge in [0.25, 0.3) is 0 Å². The molecule has 1 aliphatic rings. The highest BCUT2D eigenvalue weighted by molar-refractivity contribution is 5.94. The van der Waals surface area contributed by atoms with Crippen LogP contribution in [0.3, 0.4) is 0 Å². The van der Waals surface area contributed by atoms with Crippen LogP contribution in [0.25, 0.3) is 0 Å². The Hall–Kier alpha value is -3.96. The summed E-state index contributed by atoms with van der Waals surface area (Å²) in [5.74, 6) is -3.17. The van der Waals surface area contributed by atoms with Crippen LogP contribution in [0, 0.1) is 0 Å². The molecule has 0 aliphatic carbocycles. The number of carbonyl (C=O) groups is 4. The first-order valence-corrected chi connectivity index (χ1v) is 12.0. The number of carboxylic acid groups (broad SMARTS) is 1. The van der Waals surface area contributed by atoms with Gasteiger partial charge in [0.05, 0.1) is 12.6 Å². The molecular weight excluding hydrogens is 480 g/mol. The molecule has 37 heavy (non-hydrogen) atoms. The molecule has 0 spiro atoms. The monoisotopic (exact) mass is 512 g/mol. The molecule has 1 aliphatic heterocycles. The largest absolute Gasteiger partial charge is 0.508 e. The number of aliphatic carboxylic acids is 1. The Bertz CT molecular complexity index is 1090. The van der Waals surface area contributed by atoms with Gasteiger partial charge in [0.15, 0.2) is 0 Å². The summed E-state index contributed by atoms with van der Waals surface area (Å²) in [6.07, 6.45) is 1.18. The summed E-state index contributed by atoms with van der Waals surface area (Å²) in [6, 6.07) is 10.7. The number of phenolic OH excluding ortho intramolecular Hbond substituents is 1. The number of hydrogen-bond acceptors (Lipinski definition) is 7. The van der Waals surface area contributed by atoms with Gasteiger partial charge < -0.3 is 36.6 Å². The first-order chi connectivity index (χ1) is 17.7. The fourth-order valence-corrected chi connectivity index (χ4v) is 4.27. The molecule has 7 N–H and O–H groups in total. The molecule has 1 fully saturated rings. The van der Waals surface area contributed by atoms with Gasteiger partial charge in [-0.15, -0.1) is 0 Å². The minimum atomic E-state index is -1.41. The van der Waals surface area contributed by atoms with Crippen LogP contribution in [0.4, 0.5) is 0 Å². The van der Waals surface area contributed by atoms with Crippen molar-refractivity contribution in [2.75, 3.05) is 13.2 Å². The number of phenols is 1. The molecule has 1 heterocycles. The quantitative estimate of drug-likeness (QED) is 0.234. The normalized spacial score (nSPS) is 17.5. The highest BCUT2D eigenvalue weighted by Gasteiger charge is 2.37. The second-order valence-electron chi connectivity index (χ2n) is 9.00. The minimum Gasteiger partial charge on any atom is -0.508 e. The maximum Gasteiger partial charge on any atom is 0.326 e. The molecule has 0 radical (unpaired) electrons. The van der Waals surface area contributed by atoms with Gasteiger partial charge in [-0.2, -0.15) is 0 Å². The number of nitrogens with zero attached hydrogens (tertiary/aromatic N) is 1. The molecule has 2 aromatic carbocycles. The van der Waals surface area contributed by atoms with Crippen LogP contribution in [0.15, 0.2) is 54.6 Å². The standard InChI is InChI=1S/C26H32N4O7/c27-19(13-16-5-2-1-3-6-16)25(35)30-12-4-7-22(30)24(34)29-21(15-31)23(33)28-20(26(36)37)14-17-8-10-18(32)11-9-17/h1-3,5-6,8-11,19-22,31-32H,4,7,12-15,27H2,(H,28,33)(H,29,34)(H,36,37). The molecule has 0 aromatic heterocycles. The zero-order valence-electron chi connectivity index (χ0n) is 20.2. The van der Waals surface area contributed by atoms with E-state index in [0.29, 0.717) is 31.4 Å². The first kappa shape index (κ1) is 27.6. The van der Waals surface area contributed by atoms with Crippen LogP contribution < -0.4 is 16.4 Å². The van der Waals surface area contributed by atoms with E-state index < -0.39 is 48.6 Å². The van der Waals surface area contributed by atoms with E-state index in [1.165, 1.54) is 29.2 Å². The molecule has 0 bridgehead atoms. The third-order valence-corrected chi connectivity index (χ3v) is 6.26. The lowest BCUT2D eigenvalue weighted by Crippen LogP contribution is -2.58. The molecule has 4 unspecified atom stereocenters. The van der Waals surface area contributed by atoms with Gasteiger partial charge in [0.1, 0.15) is 23.9 Å². The highest BCUT2D eigenvalue weighted by Crippen LogP contribution is 2.19. The van der Waals surface area contributed by atoms with Gasteiger partial charge in [0, 0.05) is 13.0 Å². The third-order valence-electron chi connectivity index (χ3n) is 6.26. The molecule has 4 atom stereocenters. The average molecular weight is 513 g/mol. The SMILES string of the molecule is NC(Cc1ccccc1)C(=O)N1CCCC1C(=O)NC(CO)C(=O)NC(Cc1ccc(O)cc1)C(=O)O. The van der Waals surface area contributed by atoms with E-state index in [4.69, 9.17) is 5.73 Å². The first-order valence-electron chi connectivity index (χ1n) is 12.0. The number of likely N-dealkylation sites (tertiary alicyclic amines) is 1. The van der Waals surface area contributed by atoms with Crippen molar-refractivity contribution in [3.63, 3.8) is 0 Å². The Labute approximate surface area is 214 Å². The summed E-state index contributed by atoms with van der Waals surface area (Å²) in [7, 11) is 0. The Morgan fingerprint density at radius 1 is 0.946 bits per heavy atom.